The molecule has 2 aromatic rings. The van der Waals surface area contributed by atoms with Gasteiger partial charge in [0.15, 0.2) is 6.73 Å². The molecule has 0 spiro atoms. The minimum absolute atomic E-state index is 0.107. The summed E-state index contributed by atoms with van der Waals surface area (Å²) in [4.78, 5) is 12.2. The van der Waals surface area contributed by atoms with Crippen LogP contribution >= 0.6 is 11.6 Å². The number of aromatic nitrogens is 2. The third-order valence-corrected chi connectivity index (χ3v) is 3.50. The van der Waals surface area contributed by atoms with E-state index in [4.69, 9.17) is 21.1 Å². The van der Waals surface area contributed by atoms with Crippen molar-refractivity contribution in [3.63, 3.8) is 0 Å². The van der Waals surface area contributed by atoms with Gasteiger partial charge in [-0.15, -0.1) is 0 Å². The normalized spacial score (nSPS) is 10.8. The first-order valence-electron chi connectivity index (χ1n) is 7.87. The second kappa shape index (κ2) is 9.30. The first kappa shape index (κ1) is 18.3. The van der Waals surface area contributed by atoms with Crippen molar-refractivity contribution in [2.75, 3.05) is 13.2 Å². The molecule has 0 saturated carbocycles. The van der Waals surface area contributed by atoms with E-state index >= 15 is 0 Å². The molecule has 24 heavy (non-hydrogen) atoms. The summed E-state index contributed by atoms with van der Waals surface area (Å²) in [5.41, 5.74) is 0.437. The molecular weight excluding hydrogens is 330 g/mol. The molecule has 1 N–H and O–H groups in total. The van der Waals surface area contributed by atoms with Gasteiger partial charge < -0.3 is 14.8 Å². The third kappa shape index (κ3) is 5.54. The van der Waals surface area contributed by atoms with Crippen LogP contribution in [0, 0.1) is 0 Å². The van der Waals surface area contributed by atoms with Crippen LogP contribution in [0.3, 0.4) is 0 Å². The highest BCUT2D eigenvalue weighted by Crippen LogP contribution is 2.23. The Morgan fingerprint density at radius 2 is 2.12 bits per heavy atom. The van der Waals surface area contributed by atoms with Gasteiger partial charge in [-0.3, -0.25) is 4.79 Å². The molecule has 2 rings (SSSR count). The number of hydrogen-bond donors (Lipinski definition) is 1. The van der Waals surface area contributed by atoms with Crippen LogP contribution in [0.2, 0.25) is 5.02 Å². The lowest BCUT2D eigenvalue weighted by molar-refractivity contribution is 0.0754. The van der Waals surface area contributed by atoms with E-state index in [1.165, 1.54) is 4.68 Å². The Morgan fingerprint density at radius 3 is 2.88 bits per heavy atom. The SMILES string of the molecule is CC(C)OCCCNC(=O)c1ccnn1COc1ccccc1Cl. The molecule has 0 saturated heterocycles. The maximum absolute atomic E-state index is 12.2. The fourth-order valence-corrected chi connectivity index (χ4v) is 2.19. The summed E-state index contributed by atoms with van der Waals surface area (Å²) in [5.74, 6) is 0.353. The molecule has 1 amide bonds. The molecule has 0 aliphatic carbocycles. The lowest BCUT2D eigenvalue weighted by Gasteiger charge is -2.11. The number of carbonyl (C=O) groups excluding carboxylic acids is 1. The highest BCUT2D eigenvalue weighted by Gasteiger charge is 2.12. The van der Waals surface area contributed by atoms with Crippen LogP contribution < -0.4 is 10.1 Å². The first-order valence-corrected chi connectivity index (χ1v) is 8.24. The van der Waals surface area contributed by atoms with Crippen LogP contribution in [-0.2, 0) is 11.5 Å². The Bertz CT molecular complexity index is 658. The molecule has 0 radical (unpaired) electrons. The summed E-state index contributed by atoms with van der Waals surface area (Å²) < 4.78 is 12.5. The zero-order chi connectivity index (χ0) is 17.4. The molecule has 1 heterocycles. The topological polar surface area (TPSA) is 65.4 Å². The highest BCUT2D eigenvalue weighted by atomic mass is 35.5. The van der Waals surface area contributed by atoms with E-state index in [0.29, 0.717) is 29.6 Å². The maximum Gasteiger partial charge on any atom is 0.269 e. The molecular formula is C17H22ClN3O3. The average molecular weight is 352 g/mol. The molecule has 1 aromatic carbocycles. The summed E-state index contributed by atoms with van der Waals surface area (Å²) in [6.07, 6.45) is 2.52. The predicted molar refractivity (Wildman–Crippen MR) is 92.3 cm³/mol. The largest absolute Gasteiger partial charge is 0.470 e. The number of carbonyl (C=O) groups is 1. The van der Waals surface area contributed by atoms with E-state index < -0.39 is 0 Å². The molecule has 0 bridgehead atoms. The smallest absolute Gasteiger partial charge is 0.269 e. The van der Waals surface area contributed by atoms with Gasteiger partial charge in [-0.05, 0) is 38.5 Å². The van der Waals surface area contributed by atoms with Gasteiger partial charge in [0.05, 0.1) is 11.1 Å². The summed E-state index contributed by atoms with van der Waals surface area (Å²) in [6, 6.07) is 8.81. The highest BCUT2D eigenvalue weighted by molar-refractivity contribution is 6.32. The maximum atomic E-state index is 12.2. The van der Waals surface area contributed by atoms with E-state index in [2.05, 4.69) is 10.4 Å². The van der Waals surface area contributed by atoms with E-state index in [1.807, 2.05) is 26.0 Å². The predicted octanol–water partition coefficient (Wildman–Crippen LogP) is 3.12. The number of hydrogen-bond acceptors (Lipinski definition) is 4. The number of halogens is 1. The van der Waals surface area contributed by atoms with Gasteiger partial charge in [-0.25, -0.2) is 4.68 Å². The minimum Gasteiger partial charge on any atom is -0.470 e. The van der Waals surface area contributed by atoms with Gasteiger partial charge in [0.25, 0.3) is 5.91 Å². The monoisotopic (exact) mass is 351 g/mol. The summed E-state index contributed by atoms with van der Waals surface area (Å²) in [6.45, 7) is 5.23. The van der Waals surface area contributed by atoms with Gasteiger partial charge in [0.2, 0.25) is 0 Å². The van der Waals surface area contributed by atoms with Crippen LogP contribution in [0.25, 0.3) is 0 Å². The summed E-state index contributed by atoms with van der Waals surface area (Å²) in [7, 11) is 0. The molecule has 6 nitrogen and oxygen atoms in total. The molecule has 0 fully saturated rings. The lowest BCUT2D eigenvalue weighted by atomic mass is 10.3. The van der Waals surface area contributed by atoms with E-state index in [9.17, 15) is 4.79 Å². The average Bonchev–Trinajstić information content (AvgIpc) is 3.02. The number of rotatable bonds is 9. The van der Waals surface area contributed by atoms with Crippen molar-refractivity contribution < 1.29 is 14.3 Å². The standard InChI is InChI=1S/C17H22ClN3O3/c1-13(2)23-11-5-9-19-17(22)15-8-10-20-21(15)12-24-16-7-4-3-6-14(16)18/h3-4,6-8,10,13H,5,9,11-12H2,1-2H3,(H,19,22). The fraction of sp³-hybridized carbons (Fsp3) is 0.412. The molecule has 0 aliphatic rings. The van der Waals surface area contributed by atoms with Crippen molar-refractivity contribution in [3.8, 4) is 5.75 Å². The van der Waals surface area contributed by atoms with E-state index in [-0.39, 0.29) is 18.7 Å². The van der Waals surface area contributed by atoms with Crippen LogP contribution in [0.4, 0.5) is 0 Å². The van der Waals surface area contributed by atoms with Crippen LogP contribution in [0.1, 0.15) is 30.8 Å². The molecule has 7 heteroatoms. The molecule has 0 aliphatic heterocycles. The molecule has 1 aromatic heterocycles. The molecule has 0 atom stereocenters. The van der Waals surface area contributed by atoms with Gasteiger partial charge in [0.1, 0.15) is 11.4 Å². The Hall–Kier alpha value is -2.05. The van der Waals surface area contributed by atoms with Crippen molar-refractivity contribution >= 4 is 17.5 Å². The Balaban J connectivity index is 1.83. The Labute approximate surface area is 146 Å². The van der Waals surface area contributed by atoms with Crippen molar-refractivity contribution in [1.82, 2.24) is 15.1 Å². The zero-order valence-electron chi connectivity index (χ0n) is 13.9. The van der Waals surface area contributed by atoms with Gasteiger partial charge >= 0.3 is 0 Å². The number of nitrogens with one attached hydrogen (secondary N) is 1. The van der Waals surface area contributed by atoms with Crippen molar-refractivity contribution in [2.24, 2.45) is 0 Å². The van der Waals surface area contributed by atoms with Crippen molar-refractivity contribution in [2.45, 2.75) is 33.1 Å². The number of para-hydroxylation sites is 1. The van der Waals surface area contributed by atoms with E-state index in [0.717, 1.165) is 6.42 Å². The fourth-order valence-electron chi connectivity index (χ4n) is 2.00. The van der Waals surface area contributed by atoms with Crippen molar-refractivity contribution in [3.05, 3.63) is 47.2 Å². The zero-order valence-corrected chi connectivity index (χ0v) is 14.6. The summed E-state index contributed by atoms with van der Waals surface area (Å²) in [5, 5.41) is 7.47. The third-order valence-electron chi connectivity index (χ3n) is 3.19. The molecule has 130 valence electrons. The number of nitrogens with zero attached hydrogens (tertiary/aromatic N) is 2. The number of ether oxygens (including phenoxy) is 2. The van der Waals surface area contributed by atoms with Crippen LogP contribution in [0.5, 0.6) is 5.75 Å². The molecule has 0 unspecified atom stereocenters. The Morgan fingerprint density at radius 1 is 1.33 bits per heavy atom. The van der Waals surface area contributed by atoms with Crippen LogP contribution in [0.15, 0.2) is 36.5 Å². The first-order chi connectivity index (χ1) is 11.6. The van der Waals surface area contributed by atoms with Gasteiger partial charge in [-0.2, -0.15) is 5.10 Å². The number of amides is 1. The van der Waals surface area contributed by atoms with Crippen molar-refractivity contribution in [1.29, 1.82) is 0 Å². The quantitative estimate of drug-likeness (QED) is 0.705. The Kier molecular flexibility index (Phi) is 7.08. The minimum atomic E-state index is -0.195. The lowest BCUT2D eigenvalue weighted by Crippen LogP contribution is -2.28. The van der Waals surface area contributed by atoms with Gasteiger partial charge in [0, 0.05) is 19.3 Å². The second-order valence-electron chi connectivity index (χ2n) is 5.45. The number of benzene rings is 1. The van der Waals surface area contributed by atoms with Crippen LogP contribution in [-0.4, -0.2) is 34.9 Å². The van der Waals surface area contributed by atoms with Gasteiger partial charge in [-0.1, -0.05) is 23.7 Å². The second-order valence-corrected chi connectivity index (χ2v) is 5.86. The van der Waals surface area contributed by atoms with E-state index in [1.54, 1.807) is 24.4 Å². The summed E-state index contributed by atoms with van der Waals surface area (Å²) >= 11 is 6.04.